The second-order valence-electron chi connectivity index (χ2n) is 6.08. The van der Waals surface area contributed by atoms with E-state index in [1.807, 2.05) is 0 Å². The van der Waals surface area contributed by atoms with Gasteiger partial charge in [0, 0.05) is 12.1 Å². The zero-order valence-corrected chi connectivity index (χ0v) is 15.9. The van der Waals surface area contributed by atoms with Crippen molar-refractivity contribution in [2.45, 2.75) is 12.3 Å². The summed E-state index contributed by atoms with van der Waals surface area (Å²) in [6, 6.07) is 3.13. The number of hydrogen-bond donors (Lipinski definition) is 2. The minimum atomic E-state index is -0.973. The Bertz CT molecular complexity index is 1010. The average Bonchev–Trinajstić information content (AvgIpc) is 3.20. The van der Waals surface area contributed by atoms with Crippen LogP contribution in [0.15, 0.2) is 23.1 Å². The Hall–Kier alpha value is -3.69. The molecule has 0 fully saturated rings. The lowest BCUT2D eigenvalue weighted by molar-refractivity contribution is -0.140. The van der Waals surface area contributed by atoms with Crippen LogP contribution in [0.1, 0.15) is 33.8 Å². The highest BCUT2D eigenvalue weighted by Crippen LogP contribution is 2.45. The van der Waals surface area contributed by atoms with Crippen molar-refractivity contribution in [1.82, 2.24) is 4.98 Å². The number of rotatable bonds is 6. The number of aromatic amines is 1. The largest absolute Gasteiger partial charge is 0.506 e. The number of esters is 2. The quantitative estimate of drug-likeness (QED) is 0.682. The number of aromatic hydroxyl groups is 1. The van der Waals surface area contributed by atoms with Gasteiger partial charge in [0.15, 0.2) is 11.5 Å². The van der Waals surface area contributed by atoms with E-state index < -0.39 is 29.2 Å². The summed E-state index contributed by atoms with van der Waals surface area (Å²) in [6.45, 7) is -0.0134. The number of methoxy groups -OCH3 is 3. The van der Waals surface area contributed by atoms with E-state index in [2.05, 4.69) is 9.72 Å². The van der Waals surface area contributed by atoms with E-state index in [9.17, 15) is 19.5 Å². The number of benzene rings is 1. The lowest BCUT2D eigenvalue weighted by Crippen LogP contribution is -2.22. The molecule has 2 heterocycles. The molecular formula is C19H19NO9. The number of aromatic nitrogens is 1. The molecule has 0 bridgehead atoms. The first-order chi connectivity index (χ1) is 13.9. The number of pyridine rings is 1. The van der Waals surface area contributed by atoms with Crippen LogP contribution >= 0.6 is 0 Å². The number of ether oxygens (including phenoxy) is 5. The van der Waals surface area contributed by atoms with Crippen LogP contribution in [-0.2, 0) is 14.3 Å². The predicted molar refractivity (Wildman–Crippen MR) is 97.7 cm³/mol. The van der Waals surface area contributed by atoms with Gasteiger partial charge in [-0.25, -0.2) is 4.79 Å². The summed E-state index contributed by atoms with van der Waals surface area (Å²) in [6.07, 6.45) is 0.753. The summed E-state index contributed by atoms with van der Waals surface area (Å²) in [5, 5.41) is 10.6. The van der Waals surface area contributed by atoms with Gasteiger partial charge in [-0.1, -0.05) is 0 Å². The first-order valence-electron chi connectivity index (χ1n) is 8.48. The Morgan fingerprint density at radius 2 is 1.97 bits per heavy atom. The fourth-order valence-corrected chi connectivity index (χ4v) is 3.11. The highest BCUT2D eigenvalue weighted by Gasteiger charge is 2.31. The first-order valence-corrected chi connectivity index (χ1v) is 8.48. The van der Waals surface area contributed by atoms with Crippen LogP contribution in [0.2, 0.25) is 0 Å². The molecule has 10 nitrogen and oxygen atoms in total. The van der Waals surface area contributed by atoms with Gasteiger partial charge in [0.1, 0.15) is 11.3 Å². The highest BCUT2D eigenvalue weighted by atomic mass is 16.7. The van der Waals surface area contributed by atoms with Gasteiger partial charge in [-0.3, -0.25) is 9.59 Å². The summed E-state index contributed by atoms with van der Waals surface area (Å²) in [5.74, 6) is -1.98. The van der Waals surface area contributed by atoms with Gasteiger partial charge >= 0.3 is 11.9 Å². The fraction of sp³-hybridized carbons (Fsp3) is 0.316. The molecule has 0 radical (unpaired) electrons. The lowest BCUT2D eigenvalue weighted by atomic mass is 9.87. The van der Waals surface area contributed by atoms with E-state index in [1.54, 1.807) is 12.1 Å². The SMILES string of the molecule is COC(=O)C[C@@H](c1cc(OC)c2c(c1)OCO2)c1c(O)c(C(=O)OC)c[nH]c1=O. The van der Waals surface area contributed by atoms with Gasteiger partial charge < -0.3 is 33.8 Å². The van der Waals surface area contributed by atoms with Gasteiger partial charge in [0.25, 0.3) is 5.56 Å². The Balaban J connectivity index is 2.22. The number of H-pyrrole nitrogens is 1. The Labute approximate surface area is 164 Å². The van der Waals surface area contributed by atoms with E-state index in [1.165, 1.54) is 14.2 Å². The average molecular weight is 405 g/mol. The first kappa shape index (κ1) is 20.1. The second-order valence-corrected chi connectivity index (χ2v) is 6.08. The molecule has 0 saturated carbocycles. The van der Waals surface area contributed by atoms with E-state index in [4.69, 9.17) is 18.9 Å². The minimum Gasteiger partial charge on any atom is -0.506 e. The number of hydrogen-bond acceptors (Lipinski definition) is 9. The molecule has 154 valence electrons. The standard InChI is InChI=1S/C19H19NO9/c1-25-12-4-9(5-13-17(12)29-8-28-13)10(6-14(21)26-2)15-16(22)11(19(24)27-3)7-20-18(15)23/h4-5,7,10H,6,8H2,1-3H3,(H2,20,22,23)/t10-/m0/s1. The van der Waals surface area contributed by atoms with E-state index in [0.717, 1.165) is 13.3 Å². The van der Waals surface area contributed by atoms with Gasteiger partial charge in [-0.15, -0.1) is 0 Å². The Kier molecular flexibility index (Phi) is 5.62. The highest BCUT2D eigenvalue weighted by molar-refractivity contribution is 5.92. The number of fused-ring (bicyclic) bond motifs is 1. The molecule has 29 heavy (non-hydrogen) atoms. The minimum absolute atomic E-state index is 0.0134. The molecule has 1 atom stereocenters. The zero-order chi connectivity index (χ0) is 21.1. The van der Waals surface area contributed by atoms with E-state index in [-0.39, 0.29) is 24.3 Å². The molecule has 2 aromatic rings. The number of nitrogens with one attached hydrogen (secondary N) is 1. The Morgan fingerprint density at radius 1 is 1.21 bits per heavy atom. The van der Waals surface area contributed by atoms with Crippen molar-refractivity contribution in [3.05, 3.63) is 45.4 Å². The molecule has 1 aliphatic rings. The third-order valence-electron chi connectivity index (χ3n) is 4.54. The maximum Gasteiger partial charge on any atom is 0.343 e. The van der Waals surface area contributed by atoms with Gasteiger partial charge in [-0.05, 0) is 17.7 Å². The van der Waals surface area contributed by atoms with Crippen molar-refractivity contribution in [2.75, 3.05) is 28.1 Å². The monoisotopic (exact) mass is 405 g/mol. The Morgan fingerprint density at radius 3 is 2.62 bits per heavy atom. The smallest absolute Gasteiger partial charge is 0.343 e. The van der Waals surface area contributed by atoms with Gasteiger partial charge in [-0.2, -0.15) is 0 Å². The maximum atomic E-state index is 12.6. The van der Waals surface area contributed by atoms with Crippen molar-refractivity contribution in [1.29, 1.82) is 0 Å². The molecule has 10 heteroatoms. The molecule has 0 spiro atoms. The molecule has 0 unspecified atom stereocenters. The molecule has 0 aliphatic carbocycles. The summed E-state index contributed by atoms with van der Waals surface area (Å²) < 4.78 is 25.4. The zero-order valence-electron chi connectivity index (χ0n) is 15.9. The maximum absolute atomic E-state index is 12.6. The molecule has 1 aromatic carbocycles. The van der Waals surface area contributed by atoms with Crippen LogP contribution in [-0.4, -0.2) is 50.2 Å². The lowest BCUT2D eigenvalue weighted by Gasteiger charge is -2.19. The van der Waals surface area contributed by atoms with Crippen LogP contribution in [0.3, 0.4) is 0 Å². The summed E-state index contributed by atoms with van der Waals surface area (Å²) in [4.78, 5) is 39.0. The molecule has 3 rings (SSSR count). The van der Waals surface area contributed by atoms with Crippen LogP contribution in [0, 0.1) is 0 Å². The molecule has 2 N–H and O–H groups in total. The molecule has 1 aliphatic heterocycles. The molecule has 0 saturated heterocycles. The van der Waals surface area contributed by atoms with Gasteiger partial charge in [0.05, 0.1) is 33.3 Å². The van der Waals surface area contributed by atoms with Crippen LogP contribution in [0.25, 0.3) is 0 Å². The van der Waals surface area contributed by atoms with Crippen molar-refractivity contribution < 1.29 is 38.4 Å². The van der Waals surface area contributed by atoms with Crippen LogP contribution in [0.4, 0.5) is 0 Å². The number of carbonyl (C=O) groups is 2. The summed E-state index contributed by atoms with van der Waals surface area (Å²) >= 11 is 0. The van der Waals surface area contributed by atoms with Crippen LogP contribution < -0.4 is 19.8 Å². The van der Waals surface area contributed by atoms with Crippen molar-refractivity contribution in [2.24, 2.45) is 0 Å². The van der Waals surface area contributed by atoms with E-state index >= 15 is 0 Å². The normalized spacial score (nSPS) is 12.9. The van der Waals surface area contributed by atoms with Crippen molar-refractivity contribution in [3.63, 3.8) is 0 Å². The fourth-order valence-electron chi connectivity index (χ4n) is 3.11. The number of carbonyl (C=O) groups excluding carboxylic acids is 2. The third kappa shape index (κ3) is 3.68. The molecule has 0 amide bonds. The molecular weight excluding hydrogens is 386 g/mol. The van der Waals surface area contributed by atoms with Crippen molar-refractivity contribution in [3.8, 4) is 23.0 Å². The third-order valence-corrected chi connectivity index (χ3v) is 4.54. The van der Waals surface area contributed by atoms with Crippen LogP contribution in [0.5, 0.6) is 23.0 Å². The summed E-state index contributed by atoms with van der Waals surface area (Å²) in [7, 11) is 3.77. The topological polar surface area (TPSA) is 133 Å². The van der Waals surface area contributed by atoms with Crippen molar-refractivity contribution >= 4 is 11.9 Å². The predicted octanol–water partition coefficient (Wildman–Crippen LogP) is 1.30. The summed E-state index contributed by atoms with van der Waals surface area (Å²) in [5.41, 5.74) is -0.705. The second kappa shape index (κ2) is 8.13. The van der Waals surface area contributed by atoms with Gasteiger partial charge in [0.2, 0.25) is 12.5 Å². The van der Waals surface area contributed by atoms with E-state index in [0.29, 0.717) is 22.8 Å². The molecule has 1 aromatic heterocycles.